The molecule has 0 saturated carbocycles. The molecule has 2 aromatic rings. The fourth-order valence-electron chi connectivity index (χ4n) is 4.31. The maximum absolute atomic E-state index is 13.3. The number of carbonyl (C=O) groups excluding carboxylic acids is 1. The average molecular weight is 592 g/mol. The van der Waals surface area contributed by atoms with Crippen LogP contribution in [0.5, 0.6) is 0 Å². The highest BCUT2D eigenvalue weighted by molar-refractivity contribution is 6.74. The zero-order chi connectivity index (χ0) is 30.3. The normalized spacial score (nSPS) is 20.5. The Morgan fingerprint density at radius 3 is 1.93 bits per heavy atom. The molecule has 0 aromatic heterocycles. The smallest absolute Gasteiger partial charge is 0.416 e. The quantitative estimate of drug-likeness (QED) is 0.215. The van der Waals surface area contributed by atoms with E-state index < -0.39 is 67.5 Å². The molecule has 3 atom stereocenters. The summed E-state index contributed by atoms with van der Waals surface area (Å²) in [4.78, 5) is 26.3. The summed E-state index contributed by atoms with van der Waals surface area (Å²) in [6, 6.07) is 8.12. The Labute approximate surface area is 229 Å². The molecule has 2 aromatic carbocycles. The predicted molar refractivity (Wildman–Crippen MR) is 137 cm³/mol. The number of nitrogens with zero attached hydrogens (tertiary/aromatic N) is 1. The molecule has 1 heterocycles. The van der Waals surface area contributed by atoms with Crippen molar-refractivity contribution in [1.29, 1.82) is 0 Å². The lowest BCUT2D eigenvalue weighted by Crippen LogP contribution is -2.46. The maximum Gasteiger partial charge on any atom is 0.416 e. The van der Waals surface area contributed by atoms with Crippen LogP contribution in [0.25, 0.3) is 0 Å². The van der Waals surface area contributed by atoms with E-state index in [1.54, 1.807) is 30.3 Å². The molecule has 1 saturated heterocycles. The summed E-state index contributed by atoms with van der Waals surface area (Å²) >= 11 is 0. The highest BCUT2D eigenvalue weighted by Crippen LogP contribution is 2.41. The van der Waals surface area contributed by atoms with E-state index in [1.165, 1.54) is 0 Å². The zero-order valence-corrected chi connectivity index (χ0v) is 23.6. The van der Waals surface area contributed by atoms with Gasteiger partial charge in [-0.3, -0.25) is 4.90 Å². The maximum atomic E-state index is 13.3. The fraction of sp³-hybridized carbons (Fsp3) is 0.481. The molecule has 1 aliphatic heterocycles. The van der Waals surface area contributed by atoms with Gasteiger partial charge in [0.2, 0.25) is 0 Å². The summed E-state index contributed by atoms with van der Waals surface area (Å²) < 4.78 is 91.8. The first-order valence-corrected chi connectivity index (χ1v) is 15.3. The van der Waals surface area contributed by atoms with Crippen molar-refractivity contribution in [2.45, 2.75) is 69.3 Å². The lowest BCUT2D eigenvalue weighted by atomic mass is 9.90. The molecule has 3 unspecified atom stereocenters. The number of likely N-dealkylation sites (tertiary alicyclic amines) is 1. The highest BCUT2D eigenvalue weighted by atomic mass is 28.4. The van der Waals surface area contributed by atoms with Gasteiger partial charge in [-0.05, 0) is 41.9 Å². The molecule has 220 valence electrons. The minimum atomic E-state index is -5.15. The molecule has 3 rings (SSSR count). The molecular formula is C27H31F6NO5Si. The number of rotatable bonds is 6. The van der Waals surface area contributed by atoms with Gasteiger partial charge in [0, 0.05) is 5.92 Å². The van der Waals surface area contributed by atoms with Gasteiger partial charge in [-0.2, -0.15) is 26.3 Å². The Morgan fingerprint density at radius 1 is 0.950 bits per heavy atom. The monoisotopic (exact) mass is 591 g/mol. The fourth-order valence-corrected chi connectivity index (χ4v) is 5.33. The molecule has 1 N–H and O–H groups in total. The van der Waals surface area contributed by atoms with Crippen LogP contribution < -0.4 is 0 Å². The second-order valence-electron chi connectivity index (χ2n) is 11.2. The summed E-state index contributed by atoms with van der Waals surface area (Å²) in [6.45, 7) is 9.59. The summed E-state index contributed by atoms with van der Waals surface area (Å²) in [5.74, 6) is -2.22. The van der Waals surface area contributed by atoms with Crippen LogP contribution in [0.3, 0.4) is 0 Å². The van der Waals surface area contributed by atoms with E-state index >= 15 is 0 Å². The van der Waals surface area contributed by atoms with E-state index in [1.807, 2.05) is 33.9 Å². The molecule has 0 bridgehead atoms. The standard InChI is InChI=1S/C27H31F6NO5Si/c1-25(2,3)40(4,5)38-15-20-22(16-9-7-6-8-10-16)21(14-34(20)24(36)37)39-23(35)17-11-18(26(28,29)30)13-19(12-17)27(31,32)33/h6-13,20-22H,14-15H2,1-5H3,(H,36,37). The molecule has 6 nitrogen and oxygen atoms in total. The first kappa shape index (κ1) is 31.5. The minimum Gasteiger partial charge on any atom is -0.465 e. The van der Waals surface area contributed by atoms with Gasteiger partial charge in [0.25, 0.3) is 0 Å². The molecule has 1 amide bonds. The Kier molecular flexibility index (Phi) is 8.71. The summed E-state index contributed by atoms with van der Waals surface area (Å²) in [5.41, 5.74) is -3.69. The molecule has 1 fully saturated rings. The van der Waals surface area contributed by atoms with Gasteiger partial charge in [0.05, 0.1) is 35.9 Å². The summed E-state index contributed by atoms with van der Waals surface area (Å²) in [7, 11) is -2.36. The van der Waals surface area contributed by atoms with Crippen LogP contribution in [-0.4, -0.2) is 55.7 Å². The molecule has 0 aliphatic carbocycles. The Morgan fingerprint density at radius 2 is 1.48 bits per heavy atom. The second-order valence-corrected chi connectivity index (χ2v) is 16.1. The Balaban J connectivity index is 2.01. The molecule has 40 heavy (non-hydrogen) atoms. The lowest BCUT2D eigenvalue weighted by Gasteiger charge is -2.38. The topological polar surface area (TPSA) is 76.1 Å². The van der Waals surface area contributed by atoms with Gasteiger partial charge in [-0.15, -0.1) is 0 Å². The van der Waals surface area contributed by atoms with Crippen molar-refractivity contribution in [1.82, 2.24) is 4.90 Å². The largest absolute Gasteiger partial charge is 0.465 e. The highest BCUT2D eigenvalue weighted by Gasteiger charge is 2.49. The number of benzene rings is 2. The van der Waals surface area contributed by atoms with Gasteiger partial charge < -0.3 is 14.3 Å². The number of amides is 1. The SMILES string of the molecule is CC(C)(C)[Si](C)(C)OCC1C(c2ccccc2)C(OC(=O)c2cc(C(F)(F)F)cc(C(F)(F)F)c2)CN1C(=O)O. The van der Waals surface area contributed by atoms with Crippen LogP contribution in [0.1, 0.15) is 53.7 Å². The van der Waals surface area contributed by atoms with E-state index in [0.29, 0.717) is 5.56 Å². The Bertz CT molecular complexity index is 1190. The number of ether oxygens (including phenoxy) is 1. The molecule has 1 aliphatic rings. The van der Waals surface area contributed by atoms with Crippen molar-refractivity contribution in [3.63, 3.8) is 0 Å². The first-order valence-electron chi connectivity index (χ1n) is 12.4. The van der Waals surface area contributed by atoms with E-state index in [9.17, 15) is 41.0 Å². The van der Waals surface area contributed by atoms with Gasteiger partial charge in [-0.25, -0.2) is 9.59 Å². The van der Waals surface area contributed by atoms with Crippen molar-refractivity contribution in [3.8, 4) is 0 Å². The van der Waals surface area contributed by atoms with E-state index in [2.05, 4.69) is 0 Å². The molecular weight excluding hydrogens is 560 g/mol. The van der Waals surface area contributed by atoms with E-state index in [-0.39, 0.29) is 36.4 Å². The number of halogens is 6. The first-order chi connectivity index (χ1) is 18.2. The van der Waals surface area contributed by atoms with Crippen molar-refractivity contribution < 1.29 is 50.2 Å². The summed E-state index contributed by atoms with van der Waals surface area (Å²) in [5, 5.41) is 9.75. The van der Waals surface area contributed by atoms with Crippen LogP contribution in [0, 0.1) is 0 Å². The van der Waals surface area contributed by atoms with Gasteiger partial charge in [0.1, 0.15) is 6.10 Å². The third kappa shape index (κ3) is 6.98. The lowest BCUT2D eigenvalue weighted by molar-refractivity contribution is -0.143. The van der Waals surface area contributed by atoms with Crippen molar-refractivity contribution in [2.75, 3.05) is 13.2 Å². The van der Waals surface area contributed by atoms with E-state index in [4.69, 9.17) is 9.16 Å². The van der Waals surface area contributed by atoms with Crippen LogP contribution in [0.15, 0.2) is 48.5 Å². The average Bonchev–Trinajstić information content (AvgIpc) is 3.19. The number of hydrogen-bond acceptors (Lipinski definition) is 4. The zero-order valence-electron chi connectivity index (χ0n) is 22.6. The molecule has 0 spiro atoms. The summed E-state index contributed by atoms with van der Waals surface area (Å²) in [6.07, 6.45) is -12.8. The number of hydrogen-bond donors (Lipinski definition) is 1. The Hall–Kier alpha value is -3.06. The molecule has 0 radical (unpaired) electrons. The van der Waals surface area contributed by atoms with Crippen molar-refractivity contribution in [3.05, 3.63) is 70.8 Å². The molecule has 13 heteroatoms. The van der Waals surface area contributed by atoms with Crippen molar-refractivity contribution in [2.24, 2.45) is 0 Å². The minimum absolute atomic E-state index is 0.0435. The van der Waals surface area contributed by atoms with E-state index in [0.717, 1.165) is 4.90 Å². The van der Waals surface area contributed by atoms with Crippen molar-refractivity contribution >= 4 is 20.4 Å². The van der Waals surface area contributed by atoms with Gasteiger partial charge >= 0.3 is 24.4 Å². The van der Waals surface area contributed by atoms with Crippen LogP contribution in [-0.2, 0) is 21.5 Å². The number of alkyl halides is 6. The van der Waals surface area contributed by atoms with Crippen LogP contribution >= 0.6 is 0 Å². The third-order valence-electron chi connectivity index (χ3n) is 7.53. The third-order valence-corrected chi connectivity index (χ3v) is 12.0. The predicted octanol–water partition coefficient (Wildman–Crippen LogP) is 7.42. The van der Waals surface area contributed by atoms with Crippen LogP contribution in [0.4, 0.5) is 31.1 Å². The van der Waals surface area contributed by atoms with Crippen LogP contribution in [0.2, 0.25) is 18.1 Å². The van der Waals surface area contributed by atoms with Gasteiger partial charge in [0.15, 0.2) is 8.32 Å². The van der Waals surface area contributed by atoms with Gasteiger partial charge in [-0.1, -0.05) is 51.1 Å². The number of carboxylic acid groups (broad SMARTS) is 1. The number of esters is 1. The second kappa shape index (κ2) is 11.1. The number of carbonyl (C=O) groups is 2.